The number of hydrogen-bond acceptors (Lipinski definition) is 4. The van der Waals surface area contributed by atoms with E-state index in [2.05, 4.69) is 10.1 Å². The zero-order chi connectivity index (χ0) is 17.2. The number of amides is 3. The maximum atomic E-state index is 13.3. The first kappa shape index (κ1) is 18.3. The molecule has 6 nitrogen and oxygen atoms in total. The van der Waals surface area contributed by atoms with Gasteiger partial charge in [0.15, 0.2) is 6.61 Å². The molecule has 0 spiro atoms. The fourth-order valence-corrected chi connectivity index (χ4v) is 1.48. The van der Waals surface area contributed by atoms with Crippen LogP contribution in [0.1, 0.15) is 25.8 Å². The maximum absolute atomic E-state index is 13.3. The summed E-state index contributed by atoms with van der Waals surface area (Å²) in [5.74, 6) is -2.04. The summed E-state index contributed by atoms with van der Waals surface area (Å²) >= 11 is 0. The summed E-state index contributed by atoms with van der Waals surface area (Å²) in [6.07, 6.45) is 2.97. The largest absolute Gasteiger partial charge is 0.452 e. The van der Waals surface area contributed by atoms with Crippen LogP contribution in [0.3, 0.4) is 0 Å². The maximum Gasteiger partial charge on any atom is 0.331 e. The van der Waals surface area contributed by atoms with Crippen LogP contribution in [0.2, 0.25) is 0 Å². The molecular weight excluding hydrogens is 303 g/mol. The highest BCUT2D eigenvalue weighted by molar-refractivity contribution is 5.96. The Hall–Kier alpha value is -2.70. The molecule has 0 aliphatic carbocycles. The van der Waals surface area contributed by atoms with Crippen LogP contribution in [0.5, 0.6) is 0 Å². The molecule has 0 radical (unpaired) electrons. The van der Waals surface area contributed by atoms with Gasteiger partial charge >= 0.3 is 12.0 Å². The van der Waals surface area contributed by atoms with Crippen LogP contribution in [-0.4, -0.2) is 30.6 Å². The first-order valence-corrected chi connectivity index (χ1v) is 7.12. The highest BCUT2D eigenvalue weighted by Gasteiger charge is 2.11. The van der Waals surface area contributed by atoms with Gasteiger partial charge in [-0.15, -0.1) is 0 Å². The molecule has 1 aromatic rings. The number of imide groups is 1. The van der Waals surface area contributed by atoms with E-state index in [0.717, 1.165) is 12.5 Å². The van der Waals surface area contributed by atoms with Gasteiger partial charge in [-0.3, -0.25) is 10.1 Å². The van der Waals surface area contributed by atoms with Gasteiger partial charge in [0.05, 0.1) is 0 Å². The molecular formula is C16H19FN2O4. The van der Waals surface area contributed by atoms with Gasteiger partial charge in [-0.1, -0.05) is 25.1 Å². The smallest absolute Gasteiger partial charge is 0.331 e. The van der Waals surface area contributed by atoms with E-state index in [0.29, 0.717) is 0 Å². The second-order valence-corrected chi connectivity index (χ2v) is 4.79. The number of hydrogen-bond donors (Lipinski definition) is 2. The molecule has 1 rings (SSSR count). The predicted molar refractivity (Wildman–Crippen MR) is 82.8 cm³/mol. The third kappa shape index (κ3) is 7.21. The van der Waals surface area contributed by atoms with E-state index in [1.54, 1.807) is 13.0 Å². The average molecular weight is 322 g/mol. The fourth-order valence-electron chi connectivity index (χ4n) is 1.48. The van der Waals surface area contributed by atoms with Gasteiger partial charge in [0.1, 0.15) is 5.82 Å². The summed E-state index contributed by atoms with van der Waals surface area (Å²) in [6, 6.07) is 5.17. The Morgan fingerprint density at radius 2 is 2.00 bits per heavy atom. The molecule has 0 fully saturated rings. The first-order valence-electron chi connectivity index (χ1n) is 7.12. The second kappa shape index (κ2) is 9.34. The Balaban J connectivity index is 2.37. The number of carbonyl (C=O) groups excluding carboxylic acids is 3. The van der Waals surface area contributed by atoms with E-state index in [1.165, 1.54) is 24.3 Å². The zero-order valence-corrected chi connectivity index (χ0v) is 13.0. The number of halogens is 1. The van der Waals surface area contributed by atoms with Crippen LogP contribution >= 0.6 is 0 Å². The molecule has 2 N–H and O–H groups in total. The Labute approximate surface area is 133 Å². The standard InChI is InChI=1S/C16H19FN2O4/c1-3-11(2)18-16(22)19-14(20)10-23-15(21)9-8-12-6-4-5-7-13(12)17/h4-9,11H,3,10H2,1-2H3,(H2,18,19,20,22)/b9-8+/t11-/m0/s1. The van der Waals surface area contributed by atoms with Crippen LogP contribution in [0.4, 0.5) is 9.18 Å². The molecule has 7 heteroatoms. The molecule has 0 aliphatic rings. The van der Waals surface area contributed by atoms with E-state index < -0.39 is 30.3 Å². The zero-order valence-electron chi connectivity index (χ0n) is 13.0. The number of ether oxygens (including phenoxy) is 1. The van der Waals surface area contributed by atoms with E-state index in [1.807, 2.05) is 12.2 Å². The minimum atomic E-state index is -0.814. The minimum absolute atomic E-state index is 0.0750. The first-order chi connectivity index (χ1) is 10.9. The third-order valence-electron chi connectivity index (χ3n) is 2.89. The number of carbonyl (C=O) groups is 3. The van der Waals surface area contributed by atoms with Gasteiger partial charge in [0.2, 0.25) is 0 Å². The Bertz CT molecular complexity index is 601. The lowest BCUT2D eigenvalue weighted by Crippen LogP contribution is -2.44. The van der Waals surface area contributed by atoms with E-state index in [-0.39, 0.29) is 11.6 Å². The SMILES string of the molecule is CC[C@H](C)NC(=O)NC(=O)COC(=O)/C=C/c1ccccc1F. The van der Waals surface area contributed by atoms with Crippen molar-refractivity contribution in [2.75, 3.05) is 6.61 Å². The number of esters is 1. The summed E-state index contributed by atoms with van der Waals surface area (Å²) in [5.41, 5.74) is 0.224. The average Bonchev–Trinajstić information content (AvgIpc) is 2.51. The summed E-state index contributed by atoms with van der Waals surface area (Å²) in [4.78, 5) is 34.2. The van der Waals surface area contributed by atoms with Gasteiger partial charge in [0, 0.05) is 17.7 Å². The number of benzene rings is 1. The van der Waals surface area contributed by atoms with Gasteiger partial charge in [0.25, 0.3) is 5.91 Å². The monoisotopic (exact) mass is 322 g/mol. The summed E-state index contributed by atoms with van der Waals surface area (Å²) < 4.78 is 18.0. The van der Waals surface area contributed by atoms with E-state index >= 15 is 0 Å². The van der Waals surface area contributed by atoms with Crippen molar-refractivity contribution in [3.63, 3.8) is 0 Å². The molecule has 0 aromatic heterocycles. The summed E-state index contributed by atoms with van der Waals surface area (Å²) in [7, 11) is 0. The molecule has 23 heavy (non-hydrogen) atoms. The molecule has 0 saturated heterocycles. The molecule has 0 heterocycles. The van der Waals surface area contributed by atoms with Crippen molar-refractivity contribution < 1.29 is 23.5 Å². The van der Waals surface area contributed by atoms with Gasteiger partial charge in [-0.25, -0.2) is 14.0 Å². The lowest BCUT2D eigenvalue weighted by molar-refractivity contribution is -0.143. The molecule has 1 aromatic carbocycles. The van der Waals surface area contributed by atoms with Crippen LogP contribution in [0.25, 0.3) is 6.08 Å². The van der Waals surface area contributed by atoms with Crippen LogP contribution in [0, 0.1) is 5.82 Å². The molecule has 1 atom stereocenters. The van der Waals surface area contributed by atoms with E-state index in [9.17, 15) is 18.8 Å². The molecule has 0 bridgehead atoms. The second-order valence-electron chi connectivity index (χ2n) is 4.79. The quantitative estimate of drug-likeness (QED) is 0.620. The highest BCUT2D eigenvalue weighted by atomic mass is 19.1. The molecule has 3 amide bonds. The number of urea groups is 1. The molecule has 124 valence electrons. The number of nitrogens with one attached hydrogen (secondary N) is 2. The van der Waals surface area contributed by atoms with Crippen LogP contribution in [0.15, 0.2) is 30.3 Å². The summed E-state index contributed by atoms with van der Waals surface area (Å²) in [5, 5.41) is 4.57. The topological polar surface area (TPSA) is 84.5 Å². The molecule has 0 aliphatic heterocycles. The van der Waals surface area contributed by atoms with Gasteiger partial charge in [-0.05, 0) is 25.5 Å². The van der Waals surface area contributed by atoms with Crippen molar-refractivity contribution in [1.82, 2.24) is 10.6 Å². The molecule has 0 unspecified atom stereocenters. The van der Waals surface area contributed by atoms with E-state index in [4.69, 9.17) is 0 Å². The van der Waals surface area contributed by atoms with Crippen molar-refractivity contribution in [3.8, 4) is 0 Å². The highest BCUT2D eigenvalue weighted by Crippen LogP contribution is 2.08. The summed E-state index contributed by atoms with van der Waals surface area (Å²) in [6.45, 7) is 3.07. The fraction of sp³-hybridized carbons (Fsp3) is 0.312. The lowest BCUT2D eigenvalue weighted by Gasteiger charge is -2.11. The van der Waals surface area contributed by atoms with Crippen molar-refractivity contribution >= 4 is 24.0 Å². The predicted octanol–water partition coefficient (Wildman–Crippen LogP) is 2.01. The van der Waals surface area contributed by atoms with Crippen molar-refractivity contribution in [1.29, 1.82) is 0 Å². The van der Waals surface area contributed by atoms with Crippen LogP contribution < -0.4 is 10.6 Å². The Morgan fingerprint density at radius 3 is 2.65 bits per heavy atom. The molecule has 0 saturated carbocycles. The Kier molecular flexibility index (Phi) is 7.45. The third-order valence-corrected chi connectivity index (χ3v) is 2.89. The lowest BCUT2D eigenvalue weighted by atomic mass is 10.2. The van der Waals surface area contributed by atoms with Gasteiger partial charge < -0.3 is 10.1 Å². The normalized spacial score (nSPS) is 11.8. The van der Waals surface area contributed by atoms with Crippen molar-refractivity contribution in [3.05, 3.63) is 41.7 Å². The van der Waals surface area contributed by atoms with Gasteiger partial charge in [-0.2, -0.15) is 0 Å². The Morgan fingerprint density at radius 1 is 1.30 bits per heavy atom. The van der Waals surface area contributed by atoms with Crippen LogP contribution in [-0.2, 0) is 14.3 Å². The number of rotatable bonds is 6. The van der Waals surface area contributed by atoms with Crippen molar-refractivity contribution in [2.45, 2.75) is 26.3 Å². The minimum Gasteiger partial charge on any atom is -0.452 e. The van der Waals surface area contributed by atoms with Crippen molar-refractivity contribution in [2.24, 2.45) is 0 Å².